The molecule has 5 nitrogen and oxygen atoms in total. The molecule has 0 aromatic heterocycles. The second-order valence-corrected chi connectivity index (χ2v) is 3.77. The van der Waals surface area contributed by atoms with Gasteiger partial charge in [0.2, 0.25) is 0 Å². The molecule has 0 saturated heterocycles. The summed E-state index contributed by atoms with van der Waals surface area (Å²) in [5, 5.41) is 13.8. The summed E-state index contributed by atoms with van der Waals surface area (Å²) < 4.78 is 17.9. The fourth-order valence-corrected chi connectivity index (χ4v) is 1.47. The van der Waals surface area contributed by atoms with Gasteiger partial charge in [0.25, 0.3) is 5.69 Å². The number of halogens is 1. The van der Waals surface area contributed by atoms with E-state index in [-0.39, 0.29) is 18.3 Å². The first-order valence-electron chi connectivity index (χ1n) is 5.19. The van der Waals surface area contributed by atoms with Crippen LogP contribution in [0.3, 0.4) is 0 Å². The zero-order chi connectivity index (χ0) is 12.8. The van der Waals surface area contributed by atoms with E-state index in [1.54, 1.807) is 7.11 Å². The average Bonchev–Trinajstić information content (AvgIpc) is 2.26. The maximum atomic E-state index is 13.0. The second-order valence-electron chi connectivity index (χ2n) is 3.77. The van der Waals surface area contributed by atoms with Crippen molar-refractivity contribution < 1.29 is 14.1 Å². The monoisotopic (exact) mass is 242 g/mol. The van der Waals surface area contributed by atoms with Gasteiger partial charge >= 0.3 is 0 Å². The van der Waals surface area contributed by atoms with Crippen molar-refractivity contribution in [3.05, 3.63) is 39.7 Å². The van der Waals surface area contributed by atoms with E-state index in [4.69, 9.17) is 4.74 Å². The first kappa shape index (κ1) is 13.5. The van der Waals surface area contributed by atoms with Gasteiger partial charge in [0.1, 0.15) is 5.82 Å². The summed E-state index contributed by atoms with van der Waals surface area (Å²) in [6.07, 6.45) is 0. The van der Waals surface area contributed by atoms with Gasteiger partial charge in [-0.2, -0.15) is 0 Å². The van der Waals surface area contributed by atoms with Gasteiger partial charge in [-0.3, -0.25) is 10.1 Å². The molecule has 1 aromatic carbocycles. The van der Waals surface area contributed by atoms with Crippen LogP contribution in [-0.4, -0.2) is 24.7 Å². The molecular weight excluding hydrogens is 227 g/mol. The Balaban J connectivity index is 2.75. The summed E-state index contributed by atoms with van der Waals surface area (Å²) in [7, 11) is 1.57. The van der Waals surface area contributed by atoms with E-state index in [1.165, 1.54) is 12.1 Å². The van der Waals surface area contributed by atoms with E-state index in [1.807, 2.05) is 6.92 Å². The van der Waals surface area contributed by atoms with Gasteiger partial charge in [0, 0.05) is 31.3 Å². The van der Waals surface area contributed by atoms with E-state index >= 15 is 0 Å². The van der Waals surface area contributed by atoms with Crippen molar-refractivity contribution in [1.29, 1.82) is 0 Å². The minimum Gasteiger partial charge on any atom is -0.383 e. The highest BCUT2D eigenvalue weighted by Crippen LogP contribution is 2.19. The Kier molecular flexibility index (Phi) is 4.99. The minimum absolute atomic E-state index is 0.0443. The molecule has 6 heteroatoms. The molecule has 0 radical (unpaired) electrons. The predicted molar refractivity (Wildman–Crippen MR) is 61.2 cm³/mol. The normalized spacial score (nSPS) is 12.4. The van der Waals surface area contributed by atoms with Gasteiger partial charge < -0.3 is 10.1 Å². The summed E-state index contributed by atoms with van der Waals surface area (Å²) >= 11 is 0. The van der Waals surface area contributed by atoms with Crippen molar-refractivity contribution in [3.8, 4) is 0 Å². The van der Waals surface area contributed by atoms with Crippen LogP contribution < -0.4 is 5.32 Å². The third-order valence-electron chi connectivity index (χ3n) is 2.30. The Labute approximate surface area is 98.7 Å². The van der Waals surface area contributed by atoms with Crippen LogP contribution in [0.5, 0.6) is 0 Å². The highest BCUT2D eigenvalue weighted by molar-refractivity contribution is 5.40. The van der Waals surface area contributed by atoms with Gasteiger partial charge in [0.05, 0.1) is 11.5 Å². The van der Waals surface area contributed by atoms with Crippen LogP contribution in [0.1, 0.15) is 12.5 Å². The molecule has 0 bridgehead atoms. The number of nitrogens with zero attached hydrogens (tertiary/aromatic N) is 1. The van der Waals surface area contributed by atoms with E-state index < -0.39 is 10.7 Å². The molecule has 1 atom stereocenters. The van der Waals surface area contributed by atoms with Gasteiger partial charge in [-0.25, -0.2) is 4.39 Å². The number of methoxy groups -OCH3 is 1. The Morgan fingerprint density at radius 3 is 2.88 bits per heavy atom. The van der Waals surface area contributed by atoms with Crippen LogP contribution in [0.25, 0.3) is 0 Å². The highest BCUT2D eigenvalue weighted by Gasteiger charge is 2.14. The lowest BCUT2D eigenvalue weighted by Crippen LogP contribution is -2.29. The third-order valence-corrected chi connectivity index (χ3v) is 2.30. The van der Waals surface area contributed by atoms with Gasteiger partial charge in [-0.15, -0.1) is 0 Å². The number of nitrogens with one attached hydrogen (secondary N) is 1. The van der Waals surface area contributed by atoms with E-state index in [9.17, 15) is 14.5 Å². The zero-order valence-corrected chi connectivity index (χ0v) is 9.77. The summed E-state index contributed by atoms with van der Waals surface area (Å²) in [6, 6.07) is 3.47. The minimum atomic E-state index is -0.516. The number of benzene rings is 1. The van der Waals surface area contributed by atoms with Crippen LogP contribution in [0.4, 0.5) is 10.1 Å². The molecule has 17 heavy (non-hydrogen) atoms. The molecule has 0 aliphatic carbocycles. The Hall–Kier alpha value is -1.53. The lowest BCUT2D eigenvalue weighted by molar-refractivity contribution is -0.385. The lowest BCUT2D eigenvalue weighted by Gasteiger charge is -2.12. The molecule has 1 rings (SSSR count). The molecule has 1 unspecified atom stereocenters. The van der Waals surface area contributed by atoms with Crippen LogP contribution in [0.2, 0.25) is 0 Å². The first-order valence-corrected chi connectivity index (χ1v) is 5.19. The molecule has 1 N–H and O–H groups in total. The van der Waals surface area contributed by atoms with Crippen molar-refractivity contribution in [3.63, 3.8) is 0 Å². The molecule has 0 spiro atoms. The Morgan fingerprint density at radius 2 is 2.29 bits per heavy atom. The summed E-state index contributed by atoms with van der Waals surface area (Å²) in [5.74, 6) is -0.480. The lowest BCUT2D eigenvalue weighted by atomic mass is 10.1. The number of nitro benzene ring substituents is 1. The molecule has 0 amide bonds. The standard InChI is InChI=1S/C11H15FN2O3/c1-8(7-17-2)13-6-9-5-10(12)3-4-11(9)14(15)16/h3-5,8,13H,6-7H2,1-2H3. The van der Waals surface area contributed by atoms with Crippen molar-refractivity contribution in [2.45, 2.75) is 19.5 Å². The smallest absolute Gasteiger partial charge is 0.274 e. The molecule has 0 aliphatic rings. The van der Waals surface area contributed by atoms with Crippen LogP contribution >= 0.6 is 0 Å². The van der Waals surface area contributed by atoms with E-state index in [0.717, 1.165) is 6.07 Å². The molecule has 1 aromatic rings. The SMILES string of the molecule is COCC(C)NCc1cc(F)ccc1[N+](=O)[O-]. The molecular formula is C11H15FN2O3. The highest BCUT2D eigenvalue weighted by atomic mass is 19.1. The van der Waals surface area contributed by atoms with Gasteiger partial charge in [-0.05, 0) is 19.1 Å². The van der Waals surface area contributed by atoms with Crippen molar-refractivity contribution in [2.24, 2.45) is 0 Å². The fraction of sp³-hybridized carbons (Fsp3) is 0.455. The third kappa shape index (κ3) is 4.08. The first-order chi connectivity index (χ1) is 8.04. The van der Waals surface area contributed by atoms with Crippen molar-refractivity contribution >= 4 is 5.69 Å². The zero-order valence-electron chi connectivity index (χ0n) is 9.77. The van der Waals surface area contributed by atoms with Gasteiger partial charge in [-0.1, -0.05) is 0 Å². The summed E-state index contributed by atoms with van der Waals surface area (Å²) in [4.78, 5) is 10.2. The Morgan fingerprint density at radius 1 is 1.59 bits per heavy atom. The van der Waals surface area contributed by atoms with E-state index in [2.05, 4.69) is 5.32 Å². The van der Waals surface area contributed by atoms with Crippen molar-refractivity contribution in [1.82, 2.24) is 5.32 Å². The largest absolute Gasteiger partial charge is 0.383 e. The maximum absolute atomic E-state index is 13.0. The maximum Gasteiger partial charge on any atom is 0.274 e. The number of hydrogen-bond acceptors (Lipinski definition) is 4. The van der Waals surface area contributed by atoms with Crippen LogP contribution in [-0.2, 0) is 11.3 Å². The number of ether oxygens (including phenoxy) is 1. The molecule has 0 saturated carbocycles. The fourth-order valence-electron chi connectivity index (χ4n) is 1.47. The topological polar surface area (TPSA) is 64.4 Å². The quantitative estimate of drug-likeness (QED) is 0.611. The molecule has 94 valence electrons. The van der Waals surface area contributed by atoms with Crippen LogP contribution in [0, 0.1) is 15.9 Å². The summed E-state index contributed by atoms with van der Waals surface area (Å²) in [5.41, 5.74) is 0.251. The Bertz CT molecular complexity index is 398. The second kappa shape index (κ2) is 6.27. The number of hydrogen-bond donors (Lipinski definition) is 1. The molecule has 0 aliphatic heterocycles. The average molecular weight is 242 g/mol. The number of rotatable bonds is 6. The molecule has 0 heterocycles. The van der Waals surface area contributed by atoms with Gasteiger partial charge in [0.15, 0.2) is 0 Å². The van der Waals surface area contributed by atoms with E-state index in [0.29, 0.717) is 12.2 Å². The van der Waals surface area contributed by atoms with Crippen LogP contribution in [0.15, 0.2) is 18.2 Å². The number of nitro groups is 1. The molecule has 0 fully saturated rings. The summed E-state index contributed by atoms with van der Waals surface area (Å²) in [6.45, 7) is 2.61. The van der Waals surface area contributed by atoms with Crippen molar-refractivity contribution in [2.75, 3.05) is 13.7 Å². The predicted octanol–water partition coefficient (Wildman–Crippen LogP) is 1.86.